The zero-order valence-electron chi connectivity index (χ0n) is 15.2. The molecule has 0 aromatic carbocycles. The summed E-state index contributed by atoms with van der Waals surface area (Å²) in [5, 5.41) is 0. The number of nitrogens with zero attached hydrogens (tertiary/aromatic N) is 2. The van der Waals surface area contributed by atoms with Gasteiger partial charge in [0.25, 0.3) is 6.47 Å². The number of hydrogen-bond acceptors (Lipinski definition) is 7. The number of ether oxygens (including phenoxy) is 2. The highest BCUT2D eigenvalue weighted by Gasteiger charge is 2.30. The molecule has 1 amide bonds. The van der Waals surface area contributed by atoms with Gasteiger partial charge in [0.15, 0.2) is 0 Å². The molecule has 0 bridgehead atoms. The van der Waals surface area contributed by atoms with Gasteiger partial charge in [-0.3, -0.25) is 4.79 Å². The molecule has 0 saturated carbocycles. The van der Waals surface area contributed by atoms with Crippen LogP contribution in [0.2, 0.25) is 0 Å². The SMILES string of the molecule is CC(C)COC=O.CN(C)CC1CCCN1C(=O)OCOP(=O)(O)O. The number of carbonyl (C=O) groups is 2. The summed E-state index contributed by atoms with van der Waals surface area (Å²) < 4.78 is 23.5. The summed E-state index contributed by atoms with van der Waals surface area (Å²) in [7, 11) is -0.764. The van der Waals surface area contributed by atoms with Crippen molar-refractivity contribution in [3.63, 3.8) is 0 Å². The molecule has 0 aromatic heterocycles. The maximum atomic E-state index is 11.7. The molecule has 0 aromatic rings. The monoisotopic (exact) mass is 384 g/mol. The van der Waals surface area contributed by atoms with Crippen molar-refractivity contribution in [1.82, 2.24) is 9.80 Å². The Morgan fingerprint density at radius 2 is 2.04 bits per heavy atom. The molecule has 1 aliphatic heterocycles. The predicted molar refractivity (Wildman–Crippen MR) is 89.6 cm³/mol. The molecular formula is C14H29N2O8P. The fourth-order valence-electron chi connectivity index (χ4n) is 2.15. The second-order valence-electron chi connectivity index (χ2n) is 6.22. The summed E-state index contributed by atoms with van der Waals surface area (Å²) in [4.78, 5) is 41.6. The lowest BCUT2D eigenvalue weighted by molar-refractivity contribution is -0.129. The number of hydrogen-bond donors (Lipinski definition) is 2. The van der Waals surface area contributed by atoms with Crippen LogP contribution in [-0.2, 0) is 23.4 Å². The topological polar surface area (TPSA) is 126 Å². The molecule has 0 radical (unpaired) electrons. The van der Waals surface area contributed by atoms with Gasteiger partial charge in [0, 0.05) is 19.1 Å². The van der Waals surface area contributed by atoms with Crippen molar-refractivity contribution in [3.05, 3.63) is 0 Å². The van der Waals surface area contributed by atoms with Crippen molar-refractivity contribution in [2.45, 2.75) is 32.7 Å². The Kier molecular flexibility index (Phi) is 11.6. The molecule has 10 nitrogen and oxygen atoms in total. The van der Waals surface area contributed by atoms with Crippen LogP contribution >= 0.6 is 7.82 Å². The third kappa shape index (κ3) is 12.8. The Bertz CT molecular complexity index is 441. The first-order valence-corrected chi connectivity index (χ1v) is 9.43. The van der Waals surface area contributed by atoms with Gasteiger partial charge in [0.1, 0.15) is 0 Å². The molecule has 1 rings (SSSR count). The summed E-state index contributed by atoms with van der Waals surface area (Å²) in [5.41, 5.74) is 0. The van der Waals surface area contributed by atoms with Crippen LogP contribution in [0.3, 0.4) is 0 Å². The molecule has 0 spiro atoms. The van der Waals surface area contributed by atoms with Crippen molar-refractivity contribution >= 4 is 20.4 Å². The zero-order valence-corrected chi connectivity index (χ0v) is 16.1. The van der Waals surface area contributed by atoms with Crippen LogP contribution in [0.5, 0.6) is 0 Å². The van der Waals surface area contributed by atoms with E-state index in [-0.39, 0.29) is 6.04 Å². The first-order chi connectivity index (χ1) is 11.6. The van der Waals surface area contributed by atoms with Crippen molar-refractivity contribution in [1.29, 1.82) is 0 Å². The Morgan fingerprint density at radius 3 is 2.48 bits per heavy atom. The molecule has 1 atom stereocenters. The van der Waals surface area contributed by atoms with E-state index in [1.807, 2.05) is 32.8 Å². The minimum Gasteiger partial charge on any atom is -0.468 e. The summed E-state index contributed by atoms with van der Waals surface area (Å²) in [5.74, 6) is 0.449. The molecule has 2 N–H and O–H groups in total. The smallest absolute Gasteiger partial charge is 0.468 e. The van der Waals surface area contributed by atoms with Gasteiger partial charge in [-0.2, -0.15) is 0 Å². The van der Waals surface area contributed by atoms with Gasteiger partial charge in [-0.1, -0.05) is 13.8 Å². The van der Waals surface area contributed by atoms with Crippen LogP contribution in [0.25, 0.3) is 0 Å². The number of phosphoric acid groups is 1. The average molecular weight is 384 g/mol. The fraction of sp³-hybridized carbons (Fsp3) is 0.857. The number of amides is 1. The van der Waals surface area contributed by atoms with Crippen molar-refractivity contribution < 1.29 is 37.9 Å². The fourth-order valence-corrected chi connectivity index (χ4v) is 2.34. The van der Waals surface area contributed by atoms with E-state index in [2.05, 4.69) is 14.0 Å². The highest BCUT2D eigenvalue weighted by molar-refractivity contribution is 7.46. The molecule has 1 aliphatic rings. The number of rotatable bonds is 8. The van der Waals surface area contributed by atoms with Gasteiger partial charge in [-0.25, -0.2) is 13.9 Å². The molecule has 1 unspecified atom stereocenters. The average Bonchev–Trinajstić information content (AvgIpc) is 2.91. The van der Waals surface area contributed by atoms with E-state index >= 15 is 0 Å². The Labute approximate surface area is 148 Å². The predicted octanol–water partition coefficient (Wildman–Crippen LogP) is 1.03. The van der Waals surface area contributed by atoms with Crippen LogP contribution in [0, 0.1) is 5.92 Å². The van der Waals surface area contributed by atoms with Crippen LogP contribution in [0.15, 0.2) is 0 Å². The van der Waals surface area contributed by atoms with Gasteiger partial charge >= 0.3 is 13.9 Å². The molecule has 1 saturated heterocycles. The molecule has 11 heteroatoms. The van der Waals surface area contributed by atoms with Crippen LogP contribution in [-0.4, -0.2) is 78.8 Å². The highest BCUT2D eigenvalue weighted by Crippen LogP contribution is 2.35. The van der Waals surface area contributed by atoms with Gasteiger partial charge in [-0.05, 0) is 32.9 Å². The van der Waals surface area contributed by atoms with E-state index in [1.165, 1.54) is 0 Å². The lowest BCUT2D eigenvalue weighted by Gasteiger charge is -2.26. The van der Waals surface area contributed by atoms with Crippen molar-refractivity contribution in [2.24, 2.45) is 5.92 Å². The Hall–Kier alpha value is -1.19. The Morgan fingerprint density at radius 1 is 1.40 bits per heavy atom. The summed E-state index contributed by atoms with van der Waals surface area (Å²) in [6.07, 6.45) is 1.19. The lowest BCUT2D eigenvalue weighted by atomic mass is 10.2. The molecule has 0 aliphatic carbocycles. The number of likely N-dealkylation sites (tertiary alicyclic amines) is 1. The normalized spacial score (nSPS) is 17.3. The minimum absolute atomic E-state index is 0.0718. The quantitative estimate of drug-likeness (QED) is 0.358. The first kappa shape index (κ1) is 23.8. The van der Waals surface area contributed by atoms with E-state index < -0.39 is 20.7 Å². The van der Waals surface area contributed by atoms with Crippen LogP contribution in [0.1, 0.15) is 26.7 Å². The maximum Gasteiger partial charge on any atom is 0.472 e. The summed E-state index contributed by atoms with van der Waals surface area (Å²) >= 11 is 0. The largest absolute Gasteiger partial charge is 0.472 e. The van der Waals surface area contributed by atoms with E-state index in [9.17, 15) is 14.2 Å². The van der Waals surface area contributed by atoms with E-state index in [1.54, 1.807) is 4.90 Å². The standard InChI is InChI=1S/C9H19N2O6P.C5H10O2/c1-10(2)6-8-4-3-5-11(8)9(12)16-7-17-18(13,14)15;1-5(2)3-7-4-6/h8H,3-7H2,1-2H3,(H2,13,14,15);4-5H,3H2,1-2H3. The summed E-state index contributed by atoms with van der Waals surface area (Å²) in [6.45, 7) is 5.56. The second-order valence-corrected chi connectivity index (χ2v) is 7.46. The van der Waals surface area contributed by atoms with Crippen molar-refractivity contribution in [3.8, 4) is 0 Å². The minimum atomic E-state index is -4.60. The second kappa shape index (κ2) is 12.2. The molecular weight excluding hydrogens is 355 g/mol. The molecule has 1 heterocycles. The van der Waals surface area contributed by atoms with E-state index in [4.69, 9.17) is 9.79 Å². The van der Waals surface area contributed by atoms with Gasteiger partial charge in [0.05, 0.1) is 6.61 Å². The maximum absolute atomic E-state index is 11.7. The number of carbonyl (C=O) groups excluding carboxylic acids is 2. The molecule has 25 heavy (non-hydrogen) atoms. The van der Waals surface area contributed by atoms with Gasteiger partial charge in [-0.15, -0.1) is 0 Å². The van der Waals surface area contributed by atoms with Crippen molar-refractivity contribution in [2.75, 3.05) is 40.6 Å². The number of phosphoric ester groups is 1. The highest BCUT2D eigenvalue weighted by atomic mass is 31.2. The van der Waals surface area contributed by atoms with Gasteiger partial charge in [0.2, 0.25) is 6.79 Å². The summed E-state index contributed by atoms with van der Waals surface area (Å²) in [6, 6.07) is 0.0718. The Balaban J connectivity index is 0.000000697. The molecule has 148 valence electrons. The first-order valence-electron chi connectivity index (χ1n) is 7.90. The number of likely N-dealkylation sites (N-methyl/N-ethyl adjacent to an activating group) is 1. The third-order valence-corrected chi connectivity index (χ3v) is 3.53. The lowest BCUT2D eigenvalue weighted by Crippen LogP contribution is -2.41. The van der Waals surface area contributed by atoms with Crippen LogP contribution in [0.4, 0.5) is 4.79 Å². The third-order valence-electron chi connectivity index (χ3n) is 3.09. The van der Waals surface area contributed by atoms with Gasteiger partial charge < -0.3 is 29.1 Å². The molecule has 1 fully saturated rings. The van der Waals surface area contributed by atoms with E-state index in [0.717, 1.165) is 19.4 Å². The van der Waals surface area contributed by atoms with Crippen LogP contribution < -0.4 is 0 Å². The van der Waals surface area contributed by atoms with E-state index in [0.29, 0.717) is 25.5 Å². The zero-order chi connectivity index (χ0) is 19.5.